The standard InChI is InChI=1S/C37H50N2O6/c40-34-25-26-35(41)39(34)45-36(42)24-14-12-10-8-6-4-2-1-3-5-7-9-11-13-19-27-38-37(43)44-28-33-31-22-17-15-20-29(31)30-21-16-18-23-32(30)33/h15-18,20-23,33H,1-14,19,24-28H2,(H,38,43). The Morgan fingerprint density at radius 2 is 1.09 bits per heavy atom. The van der Waals surface area contributed by atoms with Crippen LogP contribution in [0.1, 0.15) is 133 Å². The number of rotatable bonds is 21. The van der Waals surface area contributed by atoms with Crippen LogP contribution in [0.5, 0.6) is 0 Å². The predicted octanol–water partition coefficient (Wildman–Crippen LogP) is 8.37. The van der Waals surface area contributed by atoms with Crippen LogP contribution in [0.2, 0.25) is 0 Å². The first kappa shape index (κ1) is 34.2. The summed E-state index contributed by atoms with van der Waals surface area (Å²) < 4.78 is 5.62. The van der Waals surface area contributed by atoms with Crippen LogP contribution in [0, 0.1) is 0 Å². The lowest BCUT2D eigenvalue weighted by molar-refractivity contribution is -0.197. The van der Waals surface area contributed by atoms with Crippen molar-refractivity contribution in [3.8, 4) is 11.1 Å². The third kappa shape index (κ3) is 11.0. The van der Waals surface area contributed by atoms with Gasteiger partial charge < -0.3 is 14.9 Å². The molecule has 45 heavy (non-hydrogen) atoms. The fourth-order valence-electron chi connectivity index (χ4n) is 6.34. The molecule has 1 aliphatic carbocycles. The van der Waals surface area contributed by atoms with Gasteiger partial charge in [-0.25, -0.2) is 9.59 Å². The van der Waals surface area contributed by atoms with Gasteiger partial charge in [-0.3, -0.25) is 9.59 Å². The number of hydrogen-bond donors (Lipinski definition) is 1. The van der Waals surface area contributed by atoms with E-state index in [1.54, 1.807) is 0 Å². The molecule has 244 valence electrons. The van der Waals surface area contributed by atoms with E-state index >= 15 is 0 Å². The largest absolute Gasteiger partial charge is 0.449 e. The molecule has 1 fully saturated rings. The minimum Gasteiger partial charge on any atom is -0.449 e. The van der Waals surface area contributed by atoms with Crippen LogP contribution in [0.4, 0.5) is 4.79 Å². The Kier molecular flexibility index (Phi) is 14.4. The van der Waals surface area contributed by atoms with E-state index in [1.165, 1.54) is 86.5 Å². The van der Waals surface area contributed by atoms with E-state index in [0.717, 1.165) is 32.1 Å². The zero-order chi connectivity index (χ0) is 31.7. The normalized spacial score (nSPS) is 14.0. The van der Waals surface area contributed by atoms with Crippen molar-refractivity contribution >= 4 is 23.9 Å². The molecule has 0 unspecified atom stereocenters. The Balaban J connectivity index is 0.885. The van der Waals surface area contributed by atoms with Crippen LogP contribution >= 0.6 is 0 Å². The number of hydrogen-bond acceptors (Lipinski definition) is 6. The summed E-state index contributed by atoms with van der Waals surface area (Å²) in [6.07, 6.45) is 17.6. The second-order valence-corrected chi connectivity index (χ2v) is 12.4. The smallest absolute Gasteiger partial charge is 0.407 e. The van der Waals surface area contributed by atoms with E-state index in [4.69, 9.17) is 9.57 Å². The van der Waals surface area contributed by atoms with Gasteiger partial charge in [0.05, 0.1) is 0 Å². The fourth-order valence-corrected chi connectivity index (χ4v) is 6.34. The van der Waals surface area contributed by atoms with Crippen molar-refractivity contribution < 1.29 is 28.8 Å². The third-order valence-corrected chi connectivity index (χ3v) is 8.87. The summed E-state index contributed by atoms with van der Waals surface area (Å²) in [6, 6.07) is 16.8. The van der Waals surface area contributed by atoms with E-state index in [0.29, 0.717) is 18.2 Å². The van der Waals surface area contributed by atoms with Crippen molar-refractivity contribution in [1.29, 1.82) is 0 Å². The number of imide groups is 1. The van der Waals surface area contributed by atoms with Crippen LogP contribution < -0.4 is 5.32 Å². The van der Waals surface area contributed by atoms with E-state index in [-0.39, 0.29) is 31.3 Å². The predicted molar refractivity (Wildman–Crippen MR) is 174 cm³/mol. The van der Waals surface area contributed by atoms with E-state index < -0.39 is 17.8 Å². The average Bonchev–Trinajstić information content (AvgIpc) is 3.54. The minimum atomic E-state index is -0.498. The van der Waals surface area contributed by atoms with Crippen molar-refractivity contribution in [1.82, 2.24) is 10.4 Å². The monoisotopic (exact) mass is 618 g/mol. The van der Waals surface area contributed by atoms with Gasteiger partial charge in [-0.1, -0.05) is 132 Å². The summed E-state index contributed by atoms with van der Waals surface area (Å²) in [6.45, 7) is 1.02. The van der Waals surface area contributed by atoms with Gasteiger partial charge in [-0.05, 0) is 35.1 Å². The molecule has 0 aromatic heterocycles. The maximum absolute atomic E-state index is 12.3. The molecule has 2 aliphatic rings. The quantitative estimate of drug-likeness (QED) is 0.111. The molecular weight excluding hydrogens is 568 g/mol. The summed E-state index contributed by atoms with van der Waals surface area (Å²) in [5.74, 6) is -1.26. The molecule has 3 amide bonds. The van der Waals surface area contributed by atoms with E-state index in [1.807, 2.05) is 12.1 Å². The number of nitrogens with zero attached hydrogens (tertiary/aromatic N) is 1. The summed E-state index contributed by atoms with van der Waals surface area (Å²) in [5.41, 5.74) is 4.93. The maximum atomic E-state index is 12.3. The first-order chi connectivity index (χ1) is 22.0. The Morgan fingerprint density at radius 1 is 0.644 bits per heavy atom. The van der Waals surface area contributed by atoms with Gasteiger partial charge in [0.2, 0.25) is 0 Å². The number of carbonyl (C=O) groups excluding carboxylic acids is 4. The van der Waals surface area contributed by atoms with Crippen LogP contribution in [-0.2, 0) is 24.0 Å². The molecule has 0 radical (unpaired) electrons. The van der Waals surface area contributed by atoms with Crippen LogP contribution in [0.25, 0.3) is 11.1 Å². The van der Waals surface area contributed by atoms with Gasteiger partial charge in [0.1, 0.15) is 6.61 Å². The molecule has 2 aromatic carbocycles. The number of ether oxygens (including phenoxy) is 1. The van der Waals surface area contributed by atoms with Gasteiger partial charge in [0, 0.05) is 31.7 Å². The van der Waals surface area contributed by atoms with E-state index in [2.05, 4.69) is 41.7 Å². The highest BCUT2D eigenvalue weighted by molar-refractivity contribution is 6.01. The maximum Gasteiger partial charge on any atom is 0.407 e. The lowest BCUT2D eigenvalue weighted by atomic mass is 9.98. The van der Waals surface area contributed by atoms with Gasteiger partial charge in [0.15, 0.2) is 0 Å². The van der Waals surface area contributed by atoms with Crippen molar-refractivity contribution in [2.45, 2.75) is 121 Å². The third-order valence-electron chi connectivity index (χ3n) is 8.87. The molecule has 8 nitrogen and oxygen atoms in total. The van der Waals surface area contributed by atoms with E-state index in [9.17, 15) is 19.2 Å². The van der Waals surface area contributed by atoms with Crippen molar-refractivity contribution in [3.05, 3.63) is 59.7 Å². The SMILES string of the molecule is O=C(CCCCCCCCCCCCCCCCCNC(=O)OCC1c2ccccc2-c2ccccc21)ON1C(=O)CCC1=O. The molecular formula is C37H50N2O6. The molecule has 0 atom stereocenters. The summed E-state index contributed by atoms with van der Waals surface area (Å²) >= 11 is 0. The average molecular weight is 619 g/mol. The molecule has 8 heteroatoms. The second-order valence-electron chi connectivity index (χ2n) is 12.4. The second kappa shape index (κ2) is 19.0. The number of amides is 3. The Hall–Kier alpha value is -3.68. The molecule has 0 bridgehead atoms. The highest BCUT2D eigenvalue weighted by Gasteiger charge is 2.32. The molecule has 0 saturated carbocycles. The molecule has 1 heterocycles. The molecule has 1 aliphatic heterocycles. The lowest BCUT2D eigenvalue weighted by Gasteiger charge is -2.14. The van der Waals surface area contributed by atoms with Gasteiger partial charge in [-0.15, -0.1) is 5.06 Å². The Morgan fingerprint density at radius 3 is 1.60 bits per heavy atom. The molecule has 4 rings (SSSR count). The minimum absolute atomic E-state index is 0.0928. The van der Waals surface area contributed by atoms with Crippen molar-refractivity contribution in [2.24, 2.45) is 0 Å². The van der Waals surface area contributed by atoms with Crippen molar-refractivity contribution in [2.75, 3.05) is 13.2 Å². The number of benzene rings is 2. The summed E-state index contributed by atoms with van der Waals surface area (Å²) in [4.78, 5) is 51.9. The number of nitrogens with one attached hydrogen (secondary N) is 1. The lowest BCUT2D eigenvalue weighted by Crippen LogP contribution is -2.31. The van der Waals surface area contributed by atoms with Crippen LogP contribution in [0.3, 0.4) is 0 Å². The van der Waals surface area contributed by atoms with Crippen LogP contribution in [0.15, 0.2) is 48.5 Å². The molecule has 1 saturated heterocycles. The number of unbranched alkanes of at least 4 members (excludes halogenated alkanes) is 14. The topological polar surface area (TPSA) is 102 Å². The zero-order valence-electron chi connectivity index (χ0n) is 26.7. The summed E-state index contributed by atoms with van der Waals surface area (Å²) in [7, 11) is 0. The molecule has 1 N–H and O–H groups in total. The Bertz CT molecular complexity index is 1200. The van der Waals surface area contributed by atoms with Crippen LogP contribution in [-0.4, -0.2) is 42.1 Å². The zero-order valence-corrected chi connectivity index (χ0v) is 26.7. The number of fused-ring (bicyclic) bond motifs is 3. The van der Waals surface area contributed by atoms with Crippen molar-refractivity contribution in [3.63, 3.8) is 0 Å². The molecule has 0 spiro atoms. The van der Waals surface area contributed by atoms with Gasteiger partial charge >= 0.3 is 12.1 Å². The summed E-state index contributed by atoms with van der Waals surface area (Å²) in [5, 5.41) is 3.55. The number of carbonyl (C=O) groups is 4. The number of alkyl carbamates (subject to hydrolysis) is 1. The highest BCUT2D eigenvalue weighted by Crippen LogP contribution is 2.44. The van der Waals surface area contributed by atoms with Gasteiger partial charge in [-0.2, -0.15) is 0 Å². The first-order valence-corrected chi connectivity index (χ1v) is 17.2. The number of hydroxylamine groups is 2. The highest BCUT2D eigenvalue weighted by atomic mass is 16.7. The molecule has 2 aromatic rings. The first-order valence-electron chi connectivity index (χ1n) is 17.2. The van der Waals surface area contributed by atoms with Gasteiger partial charge in [0.25, 0.3) is 11.8 Å². The fraction of sp³-hybridized carbons (Fsp3) is 0.568. The Labute approximate surface area is 268 Å².